The monoisotopic (exact) mass is 293 g/mol. The molecule has 0 bridgehead atoms. The molecule has 2 heterocycles. The van der Waals surface area contributed by atoms with E-state index in [0.717, 1.165) is 43.7 Å². The summed E-state index contributed by atoms with van der Waals surface area (Å²) in [6, 6.07) is 7.90. The first-order chi connectivity index (χ1) is 9.79. The molecule has 3 nitrogen and oxygen atoms in total. The van der Waals surface area contributed by atoms with Gasteiger partial charge in [0.1, 0.15) is 5.75 Å². The second-order valence-corrected chi connectivity index (χ2v) is 5.98. The van der Waals surface area contributed by atoms with Crippen LogP contribution in [0.1, 0.15) is 30.7 Å². The van der Waals surface area contributed by atoms with E-state index in [0.29, 0.717) is 18.4 Å². The zero-order valence-electron chi connectivity index (χ0n) is 11.6. The van der Waals surface area contributed by atoms with Gasteiger partial charge >= 0.3 is 0 Å². The van der Waals surface area contributed by atoms with Crippen LogP contribution in [0.3, 0.4) is 0 Å². The van der Waals surface area contributed by atoms with E-state index in [2.05, 4.69) is 0 Å². The van der Waals surface area contributed by atoms with Gasteiger partial charge in [0, 0.05) is 24.5 Å². The number of alkyl halides is 1. The molecule has 0 aromatic heterocycles. The van der Waals surface area contributed by atoms with Crippen molar-refractivity contribution in [2.24, 2.45) is 5.92 Å². The second kappa shape index (κ2) is 6.04. The van der Waals surface area contributed by atoms with E-state index in [4.69, 9.17) is 16.3 Å². The van der Waals surface area contributed by atoms with Crippen LogP contribution in [-0.2, 0) is 4.79 Å². The number of ether oxygens (including phenoxy) is 1. The highest BCUT2D eigenvalue weighted by Crippen LogP contribution is 2.35. The molecule has 0 N–H and O–H groups in total. The standard InChI is InChI=1S/C16H20ClNO2/c17-10-12-4-3-8-18(11-12)16(19)14-7-9-20-15-6-2-1-5-13(14)15/h1-2,5-6,12,14H,3-4,7-11H2. The number of rotatable bonds is 2. The number of amides is 1. The number of carbonyl (C=O) groups is 1. The lowest BCUT2D eigenvalue weighted by atomic mass is 9.90. The topological polar surface area (TPSA) is 29.5 Å². The zero-order chi connectivity index (χ0) is 13.9. The number of likely N-dealkylation sites (tertiary alicyclic amines) is 1. The van der Waals surface area contributed by atoms with E-state index < -0.39 is 0 Å². The Hall–Kier alpha value is -1.22. The van der Waals surface area contributed by atoms with Gasteiger partial charge in [0.05, 0.1) is 12.5 Å². The predicted molar refractivity (Wildman–Crippen MR) is 79.3 cm³/mol. The highest BCUT2D eigenvalue weighted by Gasteiger charge is 2.32. The molecule has 108 valence electrons. The van der Waals surface area contributed by atoms with Crippen LogP contribution in [0.5, 0.6) is 5.75 Å². The molecule has 0 radical (unpaired) electrons. The predicted octanol–water partition coefficient (Wildman–Crippen LogP) is 3.03. The molecule has 4 heteroatoms. The fourth-order valence-corrected chi connectivity index (χ4v) is 3.46. The molecule has 2 atom stereocenters. The first-order valence-electron chi connectivity index (χ1n) is 7.36. The SMILES string of the molecule is O=C(C1CCOc2ccccc21)N1CCCC(CCl)C1. The van der Waals surface area contributed by atoms with Crippen molar-refractivity contribution in [3.05, 3.63) is 29.8 Å². The average Bonchev–Trinajstić information content (AvgIpc) is 2.53. The Bertz CT molecular complexity index is 491. The first-order valence-corrected chi connectivity index (χ1v) is 7.89. The van der Waals surface area contributed by atoms with Gasteiger partial charge in [-0.1, -0.05) is 18.2 Å². The van der Waals surface area contributed by atoms with Crippen LogP contribution in [0, 0.1) is 5.92 Å². The van der Waals surface area contributed by atoms with Gasteiger partial charge in [-0.2, -0.15) is 0 Å². The maximum absolute atomic E-state index is 12.8. The first kappa shape index (κ1) is 13.7. The molecule has 2 unspecified atom stereocenters. The molecule has 0 saturated carbocycles. The van der Waals surface area contributed by atoms with Gasteiger partial charge in [0.2, 0.25) is 5.91 Å². The van der Waals surface area contributed by atoms with Crippen LogP contribution < -0.4 is 4.74 Å². The Balaban J connectivity index is 1.78. The van der Waals surface area contributed by atoms with Gasteiger partial charge in [-0.05, 0) is 31.2 Å². The summed E-state index contributed by atoms with van der Waals surface area (Å²) < 4.78 is 5.64. The molecular weight excluding hydrogens is 274 g/mol. The van der Waals surface area contributed by atoms with Crippen LogP contribution >= 0.6 is 11.6 Å². The summed E-state index contributed by atoms with van der Waals surface area (Å²) in [5.41, 5.74) is 1.04. The molecule has 0 aliphatic carbocycles. The van der Waals surface area contributed by atoms with E-state index >= 15 is 0 Å². The minimum atomic E-state index is -0.0472. The van der Waals surface area contributed by atoms with E-state index in [9.17, 15) is 4.79 Å². The molecule has 1 saturated heterocycles. The van der Waals surface area contributed by atoms with E-state index in [1.165, 1.54) is 0 Å². The number of para-hydroxylation sites is 1. The van der Waals surface area contributed by atoms with Crippen LogP contribution in [0.15, 0.2) is 24.3 Å². The molecule has 1 aromatic rings. The Kier molecular flexibility index (Phi) is 4.16. The Labute approximate surface area is 124 Å². The normalized spacial score (nSPS) is 25.8. The van der Waals surface area contributed by atoms with Crippen molar-refractivity contribution < 1.29 is 9.53 Å². The number of nitrogens with zero attached hydrogens (tertiary/aromatic N) is 1. The van der Waals surface area contributed by atoms with E-state index in [1.807, 2.05) is 29.2 Å². The van der Waals surface area contributed by atoms with Crippen molar-refractivity contribution in [1.82, 2.24) is 4.90 Å². The summed E-state index contributed by atoms with van der Waals surface area (Å²) >= 11 is 5.96. The fraction of sp³-hybridized carbons (Fsp3) is 0.562. The Morgan fingerprint density at radius 2 is 2.20 bits per heavy atom. The van der Waals surface area contributed by atoms with Crippen molar-refractivity contribution in [2.75, 3.05) is 25.6 Å². The third kappa shape index (κ3) is 2.64. The zero-order valence-corrected chi connectivity index (χ0v) is 12.3. The van der Waals surface area contributed by atoms with Crippen LogP contribution in [-0.4, -0.2) is 36.4 Å². The number of benzene rings is 1. The highest BCUT2D eigenvalue weighted by molar-refractivity contribution is 6.18. The Morgan fingerprint density at radius 1 is 1.35 bits per heavy atom. The highest BCUT2D eigenvalue weighted by atomic mass is 35.5. The fourth-order valence-electron chi connectivity index (χ4n) is 3.21. The van der Waals surface area contributed by atoms with Gasteiger partial charge in [0.25, 0.3) is 0 Å². The van der Waals surface area contributed by atoms with Crippen LogP contribution in [0.2, 0.25) is 0 Å². The van der Waals surface area contributed by atoms with Crippen molar-refractivity contribution in [3.8, 4) is 5.75 Å². The lowest BCUT2D eigenvalue weighted by Gasteiger charge is -2.35. The van der Waals surface area contributed by atoms with Gasteiger partial charge in [-0.3, -0.25) is 4.79 Å². The van der Waals surface area contributed by atoms with E-state index in [1.54, 1.807) is 0 Å². The second-order valence-electron chi connectivity index (χ2n) is 5.67. The summed E-state index contributed by atoms with van der Waals surface area (Å²) in [7, 11) is 0. The quantitative estimate of drug-likeness (QED) is 0.785. The molecule has 2 aliphatic heterocycles. The van der Waals surface area contributed by atoms with Gasteiger partial charge in [-0.15, -0.1) is 11.6 Å². The number of hydrogen-bond donors (Lipinski definition) is 0. The lowest BCUT2D eigenvalue weighted by molar-refractivity contribution is -0.135. The average molecular weight is 294 g/mol. The molecule has 1 fully saturated rings. The third-order valence-electron chi connectivity index (χ3n) is 4.31. The summed E-state index contributed by atoms with van der Waals surface area (Å²) in [6.45, 7) is 2.30. The van der Waals surface area contributed by atoms with Gasteiger partial charge in [0.15, 0.2) is 0 Å². The van der Waals surface area contributed by atoms with Crippen LogP contribution in [0.4, 0.5) is 0 Å². The van der Waals surface area contributed by atoms with Crippen molar-refractivity contribution in [2.45, 2.75) is 25.2 Å². The maximum atomic E-state index is 12.8. The number of fused-ring (bicyclic) bond motifs is 1. The Morgan fingerprint density at radius 3 is 3.05 bits per heavy atom. The van der Waals surface area contributed by atoms with Crippen LogP contribution in [0.25, 0.3) is 0 Å². The van der Waals surface area contributed by atoms with Crippen molar-refractivity contribution >= 4 is 17.5 Å². The molecule has 1 amide bonds. The largest absolute Gasteiger partial charge is 0.493 e. The summed E-state index contributed by atoms with van der Waals surface area (Å²) in [6.07, 6.45) is 2.98. The number of halogens is 1. The number of piperidine rings is 1. The van der Waals surface area contributed by atoms with Gasteiger partial charge in [-0.25, -0.2) is 0 Å². The minimum Gasteiger partial charge on any atom is -0.493 e. The lowest BCUT2D eigenvalue weighted by Crippen LogP contribution is -2.43. The maximum Gasteiger partial charge on any atom is 0.230 e. The third-order valence-corrected chi connectivity index (χ3v) is 4.74. The summed E-state index contributed by atoms with van der Waals surface area (Å²) in [4.78, 5) is 14.8. The molecule has 0 spiro atoms. The molecular formula is C16H20ClNO2. The smallest absolute Gasteiger partial charge is 0.230 e. The summed E-state index contributed by atoms with van der Waals surface area (Å²) in [5, 5.41) is 0. The van der Waals surface area contributed by atoms with Crippen molar-refractivity contribution in [1.29, 1.82) is 0 Å². The number of carbonyl (C=O) groups excluding carboxylic acids is 1. The minimum absolute atomic E-state index is 0.0472. The van der Waals surface area contributed by atoms with E-state index in [-0.39, 0.29) is 11.8 Å². The van der Waals surface area contributed by atoms with Gasteiger partial charge < -0.3 is 9.64 Å². The molecule has 2 aliphatic rings. The molecule has 3 rings (SSSR count). The number of hydrogen-bond acceptors (Lipinski definition) is 2. The molecule has 20 heavy (non-hydrogen) atoms. The van der Waals surface area contributed by atoms with Crippen molar-refractivity contribution in [3.63, 3.8) is 0 Å². The molecule has 1 aromatic carbocycles. The summed E-state index contributed by atoms with van der Waals surface area (Å²) in [5.74, 6) is 2.16.